The number of benzene rings is 1. The van der Waals surface area contributed by atoms with Crippen molar-refractivity contribution >= 4 is 5.96 Å². The summed E-state index contributed by atoms with van der Waals surface area (Å²) in [7, 11) is 4.81. The lowest BCUT2D eigenvalue weighted by Crippen LogP contribution is -2.52. The Labute approximate surface area is 179 Å². The first-order chi connectivity index (χ1) is 14.4. The van der Waals surface area contributed by atoms with Gasteiger partial charge in [0.25, 0.3) is 0 Å². The number of rotatable bonds is 10. The zero-order valence-electron chi connectivity index (χ0n) is 18.8. The fraction of sp³-hybridized carbons (Fsp3) is 0.667. The molecule has 0 saturated carbocycles. The van der Waals surface area contributed by atoms with Gasteiger partial charge in [-0.05, 0) is 13.8 Å². The molecule has 1 unspecified atom stereocenters. The number of aliphatic hydroxyl groups is 1. The number of nitrogens with one attached hydrogen (secondary N) is 2. The van der Waals surface area contributed by atoms with E-state index in [1.807, 2.05) is 13.8 Å². The maximum atomic E-state index is 10.8. The van der Waals surface area contributed by atoms with Crippen LogP contribution in [0.4, 0.5) is 0 Å². The van der Waals surface area contributed by atoms with Crippen molar-refractivity contribution in [2.45, 2.75) is 26.0 Å². The molecular weight excluding hydrogens is 388 g/mol. The van der Waals surface area contributed by atoms with E-state index in [0.717, 1.165) is 18.7 Å². The summed E-state index contributed by atoms with van der Waals surface area (Å²) in [6, 6.07) is 3.61. The molecule has 0 bridgehead atoms. The second kappa shape index (κ2) is 11.8. The number of methoxy groups -OCH3 is 3. The lowest BCUT2D eigenvalue weighted by atomic mass is 10.1. The van der Waals surface area contributed by atoms with Crippen LogP contribution < -0.4 is 24.8 Å². The molecule has 1 aromatic rings. The minimum absolute atomic E-state index is 0.345. The maximum absolute atomic E-state index is 10.8. The van der Waals surface area contributed by atoms with Gasteiger partial charge in [0.05, 0.1) is 52.3 Å². The van der Waals surface area contributed by atoms with Gasteiger partial charge >= 0.3 is 0 Å². The summed E-state index contributed by atoms with van der Waals surface area (Å²) in [5.74, 6) is 2.55. The average molecular weight is 425 g/mol. The predicted molar refractivity (Wildman–Crippen MR) is 117 cm³/mol. The van der Waals surface area contributed by atoms with Crippen molar-refractivity contribution in [1.82, 2.24) is 15.5 Å². The van der Waals surface area contributed by atoms with Crippen molar-refractivity contribution in [3.8, 4) is 17.2 Å². The summed E-state index contributed by atoms with van der Waals surface area (Å²) in [5.41, 5.74) is -0.0821. The number of guanidine groups is 1. The minimum Gasteiger partial charge on any atom is -0.496 e. The molecule has 9 heteroatoms. The number of nitrogens with zero attached hydrogens (tertiary/aromatic N) is 2. The number of hydrogen-bond donors (Lipinski definition) is 3. The van der Waals surface area contributed by atoms with E-state index in [4.69, 9.17) is 18.9 Å². The summed E-state index contributed by atoms with van der Waals surface area (Å²) < 4.78 is 21.7. The Bertz CT molecular complexity index is 665. The molecule has 9 nitrogen and oxygen atoms in total. The molecule has 0 spiro atoms. The first-order valence-corrected chi connectivity index (χ1v) is 10.3. The van der Waals surface area contributed by atoms with Crippen LogP contribution in [-0.4, -0.2) is 88.8 Å². The Kier molecular flexibility index (Phi) is 9.48. The average Bonchev–Trinajstić information content (AvgIpc) is 2.75. The van der Waals surface area contributed by atoms with Gasteiger partial charge < -0.3 is 34.7 Å². The Balaban J connectivity index is 2.06. The van der Waals surface area contributed by atoms with Crippen LogP contribution in [-0.2, 0) is 11.3 Å². The summed E-state index contributed by atoms with van der Waals surface area (Å²) in [6.45, 7) is 8.90. The molecule has 0 radical (unpaired) electrons. The maximum Gasteiger partial charge on any atom is 0.191 e. The van der Waals surface area contributed by atoms with Gasteiger partial charge in [-0.25, -0.2) is 4.99 Å². The SMILES string of the molecule is CCNC(=NCc1c(OC)cc(OC)cc1OC)NCC(C)(O)CN1CCOCC1. The van der Waals surface area contributed by atoms with E-state index < -0.39 is 5.60 Å². The molecule has 1 fully saturated rings. The molecule has 30 heavy (non-hydrogen) atoms. The van der Waals surface area contributed by atoms with Crippen LogP contribution in [0.25, 0.3) is 0 Å². The Morgan fingerprint density at radius 1 is 1.13 bits per heavy atom. The third kappa shape index (κ3) is 7.23. The molecular formula is C21H36N4O5. The fourth-order valence-electron chi connectivity index (χ4n) is 3.30. The topological polar surface area (TPSA) is 96.8 Å². The third-order valence-corrected chi connectivity index (χ3v) is 4.86. The van der Waals surface area contributed by atoms with Gasteiger partial charge in [0.1, 0.15) is 17.2 Å². The lowest BCUT2D eigenvalue weighted by molar-refractivity contribution is -0.0201. The van der Waals surface area contributed by atoms with E-state index >= 15 is 0 Å². The summed E-state index contributed by atoms with van der Waals surface area (Å²) in [6.07, 6.45) is 0. The number of hydrogen-bond acceptors (Lipinski definition) is 7. The molecule has 1 aromatic carbocycles. The summed E-state index contributed by atoms with van der Waals surface area (Å²) >= 11 is 0. The first-order valence-electron chi connectivity index (χ1n) is 10.3. The first kappa shape index (κ1) is 24.0. The standard InChI is InChI=1S/C21H36N4O5/c1-6-22-20(24-14-21(2,26)15-25-7-9-30-10-8-25)23-13-17-18(28-4)11-16(27-3)12-19(17)29-5/h11-12,26H,6-10,13-15H2,1-5H3,(H2,22,23,24). The van der Waals surface area contributed by atoms with Crippen LogP contribution >= 0.6 is 0 Å². The minimum atomic E-state index is -0.900. The third-order valence-electron chi connectivity index (χ3n) is 4.86. The quantitative estimate of drug-likeness (QED) is 0.376. The number of β-amino-alcohol motifs (C(OH)–C–C–N with tert-alkyl or cyclic N) is 1. The number of morpholine rings is 1. The van der Waals surface area contributed by atoms with Crippen LogP contribution in [0, 0.1) is 0 Å². The number of aliphatic imine (C=N–C) groups is 1. The van der Waals surface area contributed by atoms with E-state index in [-0.39, 0.29) is 0 Å². The molecule has 1 heterocycles. The number of ether oxygens (including phenoxy) is 4. The van der Waals surface area contributed by atoms with Crippen molar-refractivity contribution in [3.05, 3.63) is 17.7 Å². The Morgan fingerprint density at radius 2 is 1.77 bits per heavy atom. The highest BCUT2D eigenvalue weighted by Crippen LogP contribution is 2.34. The molecule has 1 aliphatic rings. The molecule has 1 saturated heterocycles. The highest BCUT2D eigenvalue weighted by Gasteiger charge is 2.25. The largest absolute Gasteiger partial charge is 0.496 e. The van der Waals surface area contributed by atoms with Gasteiger partial charge in [0.15, 0.2) is 5.96 Å². The van der Waals surface area contributed by atoms with E-state index in [9.17, 15) is 5.11 Å². The smallest absolute Gasteiger partial charge is 0.191 e. The van der Waals surface area contributed by atoms with E-state index in [0.29, 0.717) is 62.6 Å². The molecule has 0 aromatic heterocycles. The predicted octanol–water partition coefficient (Wildman–Crippen LogP) is 0.851. The van der Waals surface area contributed by atoms with Crippen molar-refractivity contribution in [2.24, 2.45) is 4.99 Å². The van der Waals surface area contributed by atoms with Crippen LogP contribution in [0.5, 0.6) is 17.2 Å². The van der Waals surface area contributed by atoms with Gasteiger partial charge in [-0.2, -0.15) is 0 Å². The highest BCUT2D eigenvalue weighted by molar-refractivity contribution is 5.80. The molecule has 0 aliphatic carbocycles. The van der Waals surface area contributed by atoms with E-state index in [2.05, 4.69) is 20.5 Å². The van der Waals surface area contributed by atoms with Crippen LogP contribution in [0.1, 0.15) is 19.4 Å². The molecule has 0 amide bonds. The van der Waals surface area contributed by atoms with Crippen molar-refractivity contribution < 1.29 is 24.1 Å². The van der Waals surface area contributed by atoms with Crippen LogP contribution in [0.15, 0.2) is 17.1 Å². The fourth-order valence-corrected chi connectivity index (χ4v) is 3.30. The van der Waals surface area contributed by atoms with Gasteiger partial charge in [0.2, 0.25) is 0 Å². The van der Waals surface area contributed by atoms with Crippen molar-refractivity contribution in [1.29, 1.82) is 0 Å². The molecule has 170 valence electrons. The Morgan fingerprint density at radius 3 is 2.30 bits per heavy atom. The summed E-state index contributed by atoms with van der Waals surface area (Å²) in [5, 5.41) is 17.3. The second-order valence-electron chi connectivity index (χ2n) is 7.44. The summed E-state index contributed by atoms with van der Waals surface area (Å²) in [4.78, 5) is 6.87. The zero-order valence-corrected chi connectivity index (χ0v) is 18.8. The van der Waals surface area contributed by atoms with Crippen molar-refractivity contribution in [3.63, 3.8) is 0 Å². The molecule has 2 rings (SSSR count). The van der Waals surface area contributed by atoms with E-state index in [1.54, 1.807) is 33.5 Å². The van der Waals surface area contributed by atoms with Gasteiger partial charge in [0, 0.05) is 44.9 Å². The monoisotopic (exact) mass is 424 g/mol. The van der Waals surface area contributed by atoms with Gasteiger partial charge in [-0.3, -0.25) is 4.90 Å². The Hall–Kier alpha value is -2.23. The molecule has 1 atom stereocenters. The normalized spacial score (nSPS) is 17.2. The lowest BCUT2D eigenvalue weighted by Gasteiger charge is -2.34. The van der Waals surface area contributed by atoms with Crippen molar-refractivity contribution in [2.75, 3.05) is 67.3 Å². The van der Waals surface area contributed by atoms with Gasteiger partial charge in [-0.1, -0.05) is 0 Å². The zero-order chi connectivity index (χ0) is 22.0. The second-order valence-corrected chi connectivity index (χ2v) is 7.44. The van der Waals surface area contributed by atoms with Gasteiger partial charge in [-0.15, -0.1) is 0 Å². The molecule has 1 aliphatic heterocycles. The van der Waals surface area contributed by atoms with Crippen LogP contribution in [0.3, 0.4) is 0 Å². The van der Waals surface area contributed by atoms with Crippen LogP contribution in [0.2, 0.25) is 0 Å². The van der Waals surface area contributed by atoms with E-state index in [1.165, 1.54) is 0 Å². The highest BCUT2D eigenvalue weighted by atomic mass is 16.5. The molecule has 3 N–H and O–H groups in total.